The Labute approximate surface area is 154 Å². The molecule has 2 heterocycles. The van der Waals surface area contributed by atoms with Crippen LogP contribution >= 0.6 is 0 Å². The van der Waals surface area contributed by atoms with Crippen LogP contribution < -0.4 is 9.64 Å². The largest absolute Gasteiger partial charge is 0.471 e. The fraction of sp³-hybridized carbons (Fsp3) is 0.450. The molecule has 1 fully saturated rings. The van der Waals surface area contributed by atoms with Crippen LogP contribution in [0.25, 0.3) is 0 Å². The number of hydrogen-bond donors (Lipinski definition) is 0. The number of hydrogen-bond acceptors (Lipinski definition) is 5. The Morgan fingerprint density at radius 3 is 2.81 bits per heavy atom. The van der Waals surface area contributed by atoms with Gasteiger partial charge in [0, 0.05) is 39.5 Å². The van der Waals surface area contributed by atoms with Crippen molar-refractivity contribution in [3.05, 3.63) is 47.5 Å². The summed E-state index contributed by atoms with van der Waals surface area (Å²) in [6.07, 6.45) is 2.12. The molecule has 0 spiro atoms. The molecule has 1 unspecified atom stereocenters. The van der Waals surface area contributed by atoms with E-state index in [1.807, 2.05) is 42.1 Å². The second kappa shape index (κ2) is 8.17. The molecule has 2 aromatic rings. The van der Waals surface area contributed by atoms with Crippen LogP contribution in [0.4, 0.5) is 5.82 Å². The second-order valence-corrected chi connectivity index (χ2v) is 6.98. The molecule has 0 N–H and O–H groups in total. The lowest BCUT2D eigenvalue weighted by Crippen LogP contribution is -2.31. The molecular formula is C20H26N4O2. The van der Waals surface area contributed by atoms with Crippen LogP contribution in [-0.2, 0) is 11.2 Å². The van der Waals surface area contributed by atoms with Crippen LogP contribution in [0.15, 0.2) is 36.4 Å². The number of rotatable bonds is 6. The first-order valence-corrected chi connectivity index (χ1v) is 9.02. The van der Waals surface area contributed by atoms with E-state index in [0.717, 1.165) is 25.2 Å². The summed E-state index contributed by atoms with van der Waals surface area (Å²) in [6, 6.07) is 12.0. The molecule has 0 bridgehead atoms. The first kappa shape index (κ1) is 18.2. The number of ether oxygens (including phenoxy) is 1. The molecular weight excluding hydrogens is 328 g/mol. The molecule has 3 rings (SSSR count). The van der Waals surface area contributed by atoms with E-state index in [-0.39, 0.29) is 12.0 Å². The predicted octanol–water partition coefficient (Wildman–Crippen LogP) is 2.46. The Balaban J connectivity index is 1.47. The third-order valence-electron chi connectivity index (χ3n) is 4.58. The van der Waals surface area contributed by atoms with Crippen LogP contribution in [0, 0.1) is 6.92 Å². The maximum atomic E-state index is 12.5. The Morgan fingerprint density at radius 1 is 1.27 bits per heavy atom. The summed E-state index contributed by atoms with van der Waals surface area (Å²) in [7, 11) is 3.84. The molecule has 1 atom stereocenters. The molecule has 0 aliphatic carbocycles. The number of aryl methyl sites for hydroxylation is 2. The van der Waals surface area contributed by atoms with Gasteiger partial charge in [0.25, 0.3) is 0 Å². The van der Waals surface area contributed by atoms with E-state index in [0.29, 0.717) is 18.8 Å². The molecule has 0 saturated carbocycles. The summed E-state index contributed by atoms with van der Waals surface area (Å²) in [5.74, 6) is 1.48. The average molecular weight is 354 g/mol. The van der Waals surface area contributed by atoms with Gasteiger partial charge in [0.2, 0.25) is 11.8 Å². The highest BCUT2D eigenvalue weighted by Crippen LogP contribution is 2.18. The number of amides is 1. The Morgan fingerprint density at radius 2 is 2.12 bits per heavy atom. The number of carbonyl (C=O) groups is 1. The quantitative estimate of drug-likeness (QED) is 0.798. The molecule has 6 nitrogen and oxygen atoms in total. The van der Waals surface area contributed by atoms with Crippen molar-refractivity contribution in [3.63, 3.8) is 0 Å². The fourth-order valence-electron chi connectivity index (χ4n) is 3.11. The van der Waals surface area contributed by atoms with Gasteiger partial charge in [-0.15, -0.1) is 10.2 Å². The van der Waals surface area contributed by atoms with Gasteiger partial charge in [0.05, 0.1) is 6.54 Å². The Kier molecular flexibility index (Phi) is 5.71. The van der Waals surface area contributed by atoms with E-state index in [9.17, 15) is 4.79 Å². The van der Waals surface area contributed by atoms with Gasteiger partial charge in [0.15, 0.2) is 5.82 Å². The first-order valence-electron chi connectivity index (χ1n) is 9.02. The molecule has 1 aliphatic rings. The standard InChI is InChI=1S/C20H26N4O2/c1-15-5-4-6-16(13-15)7-10-20(25)24-12-11-17(14-24)26-19-9-8-18(21-22-19)23(2)3/h4-6,8-9,13,17H,7,10-12,14H2,1-3H3. The maximum Gasteiger partial charge on any atom is 0.233 e. The van der Waals surface area contributed by atoms with Crippen molar-refractivity contribution in [1.82, 2.24) is 15.1 Å². The van der Waals surface area contributed by atoms with Gasteiger partial charge in [-0.3, -0.25) is 4.79 Å². The van der Waals surface area contributed by atoms with Crippen molar-refractivity contribution >= 4 is 11.7 Å². The van der Waals surface area contributed by atoms with E-state index < -0.39 is 0 Å². The fourth-order valence-corrected chi connectivity index (χ4v) is 3.11. The van der Waals surface area contributed by atoms with Gasteiger partial charge < -0.3 is 14.5 Å². The number of benzene rings is 1. The number of aromatic nitrogens is 2. The molecule has 1 aromatic heterocycles. The molecule has 138 valence electrons. The van der Waals surface area contributed by atoms with Gasteiger partial charge in [0.1, 0.15) is 6.10 Å². The zero-order valence-corrected chi connectivity index (χ0v) is 15.7. The third kappa shape index (κ3) is 4.71. The summed E-state index contributed by atoms with van der Waals surface area (Å²) < 4.78 is 5.88. The number of anilines is 1. The normalized spacial score (nSPS) is 16.6. The van der Waals surface area contributed by atoms with Crippen molar-refractivity contribution in [1.29, 1.82) is 0 Å². The molecule has 26 heavy (non-hydrogen) atoms. The van der Waals surface area contributed by atoms with Crippen LogP contribution in [0.2, 0.25) is 0 Å². The second-order valence-electron chi connectivity index (χ2n) is 6.98. The lowest BCUT2D eigenvalue weighted by atomic mass is 10.1. The monoisotopic (exact) mass is 354 g/mol. The van der Waals surface area contributed by atoms with Crippen LogP contribution in [0.1, 0.15) is 24.0 Å². The van der Waals surface area contributed by atoms with E-state index in [1.165, 1.54) is 11.1 Å². The van der Waals surface area contributed by atoms with Crippen molar-refractivity contribution in [3.8, 4) is 5.88 Å². The highest BCUT2D eigenvalue weighted by atomic mass is 16.5. The molecule has 1 amide bonds. The highest BCUT2D eigenvalue weighted by molar-refractivity contribution is 5.76. The summed E-state index contributed by atoms with van der Waals surface area (Å²) in [6.45, 7) is 3.42. The lowest BCUT2D eigenvalue weighted by Gasteiger charge is -2.17. The van der Waals surface area contributed by atoms with Gasteiger partial charge in [-0.05, 0) is 25.0 Å². The van der Waals surface area contributed by atoms with E-state index in [2.05, 4.69) is 35.3 Å². The zero-order valence-electron chi connectivity index (χ0n) is 15.7. The van der Waals surface area contributed by atoms with Crippen molar-refractivity contribution < 1.29 is 9.53 Å². The molecule has 1 aliphatic heterocycles. The van der Waals surface area contributed by atoms with Crippen molar-refractivity contribution in [2.45, 2.75) is 32.3 Å². The van der Waals surface area contributed by atoms with Gasteiger partial charge in [-0.2, -0.15) is 0 Å². The van der Waals surface area contributed by atoms with E-state index in [1.54, 1.807) is 0 Å². The molecule has 0 radical (unpaired) electrons. The topological polar surface area (TPSA) is 58.6 Å². The number of nitrogens with zero attached hydrogens (tertiary/aromatic N) is 4. The predicted molar refractivity (Wildman–Crippen MR) is 101 cm³/mol. The summed E-state index contributed by atoms with van der Waals surface area (Å²) >= 11 is 0. The highest BCUT2D eigenvalue weighted by Gasteiger charge is 2.27. The van der Waals surface area contributed by atoms with Crippen molar-refractivity contribution in [2.24, 2.45) is 0 Å². The number of carbonyl (C=O) groups excluding carboxylic acids is 1. The van der Waals surface area contributed by atoms with Gasteiger partial charge >= 0.3 is 0 Å². The third-order valence-corrected chi connectivity index (χ3v) is 4.58. The maximum absolute atomic E-state index is 12.5. The Bertz CT molecular complexity index is 746. The zero-order chi connectivity index (χ0) is 18.5. The van der Waals surface area contributed by atoms with Gasteiger partial charge in [-0.1, -0.05) is 29.8 Å². The SMILES string of the molecule is Cc1cccc(CCC(=O)N2CCC(Oc3ccc(N(C)C)nn3)C2)c1. The smallest absolute Gasteiger partial charge is 0.233 e. The van der Waals surface area contributed by atoms with Gasteiger partial charge in [-0.25, -0.2) is 0 Å². The lowest BCUT2D eigenvalue weighted by molar-refractivity contribution is -0.130. The molecule has 6 heteroatoms. The molecule has 1 aromatic carbocycles. The van der Waals surface area contributed by atoms with Crippen LogP contribution in [-0.4, -0.2) is 54.3 Å². The van der Waals surface area contributed by atoms with E-state index >= 15 is 0 Å². The molecule has 1 saturated heterocycles. The van der Waals surface area contributed by atoms with Crippen molar-refractivity contribution in [2.75, 3.05) is 32.1 Å². The average Bonchev–Trinajstić information content (AvgIpc) is 3.09. The first-order chi connectivity index (χ1) is 12.5. The summed E-state index contributed by atoms with van der Waals surface area (Å²) in [4.78, 5) is 16.2. The van der Waals surface area contributed by atoms with E-state index in [4.69, 9.17) is 4.74 Å². The van der Waals surface area contributed by atoms with Crippen LogP contribution in [0.3, 0.4) is 0 Å². The summed E-state index contributed by atoms with van der Waals surface area (Å²) in [5, 5.41) is 8.22. The van der Waals surface area contributed by atoms with Crippen LogP contribution in [0.5, 0.6) is 5.88 Å². The summed E-state index contributed by atoms with van der Waals surface area (Å²) in [5.41, 5.74) is 2.44. The minimum absolute atomic E-state index is 0.0163. The Hall–Kier alpha value is -2.63. The minimum atomic E-state index is -0.0163. The minimum Gasteiger partial charge on any atom is -0.471 e. The number of likely N-dealkylation sites (tertiary alicyclic amines) is 1.